The van der Waals surface area contributed by atoms with Gasteiger partial charge >= 0.3 is 5.97 Å². The molecule has 0 aliphatic carbocycles. The van der Waals surface area contributed by atoms with Gasteiger partial charge in [-0.05, 0) is 18.6 Å². The molecule has 1 rings (SSSR count). The normalized spacial score (nSPS) is 10.5. The van der Waals surface area contributed by atoms with Crippen molar-refractivity contribution in [3.8, 4) is 0 Å². The zero-order valence-electron chi connectivity index (χ0n) is 8.74. The van der Waals surface area contributed by atoms with E-state index < -0.39 is 0 Å². The van der Waals surface area contributed by atoms with Gasteiger partial charge in [0.25, 0.3) is 5.56 Å². The van der Waals surface area contributed by atoms with Gasteiger partial charge in [-0.3, -0.25) is 9.59 Å². The van der Waals surface area contributed by atoms with Gasteiger partial charge in [0.05, 0.1) is 13.5 Å². The van der Waals surface area contributed by atoms with Gasteiger partial charge in [-0.15, -0.1) is 0 Å². The van der Waals surface area contributed by atoms with E-state index in [0.29, 0.717) is 5.56 Å². The van der Waals surface area contributed by atoms with Crippen LogP contribution in [0.4, 0.5) is 0 Å². The number of nitrogens with one attached hydrogen (secondary N) is 1. The molecule has 0 saturated heterocycles. The molecule has 0 unspecified atom stereocenters. The molecule has 1 heterocycles. The smallest absolute Gasteiger partial charge is 0.309 e. The minimum absolute atomic E-state index is 0.165. The van der Waals surface area contributed by atoms with E-state index >= 15 is 0 Å². The van der Waals surface area contributed by atoms with Crippen LogP contribution in [0.2, 0.25) is 0 Å². The number of carbonyl (C=O) groups is 1. The third kappa shape index (κ3) is 3.42. The fourth-order valence-corrected chi connectivity index (χ4v) is 1.10. The summed E-state index contributed by atoms with van der Waals surface area (Å²) in [4.78, 5) is 24.7. The van der Waals surface area contributed by atoms with Crippen molar-refractivity contribution in [1.29, 1.82) is 0 Å². The fourth-order valence-electron chi connectivity index (χ4n) is 1.10. The number of esters is 1. The Kier molecular flexibility index (Phi) is 3.85. The monoisotopic (exact) mass is 207 g/mol. The second-order valence-corrected chi connectivity index (χ2v) is 3.14. The minimum atomic E-state index is -0.324. The minimum Gasteiger partial charge on any atom is -0.469 e. The molecule has 0 fully saturated rings. The Morgan fingerprint density at radius 3 is 3.00 bits per heavy atom. The van der Waals surface area contributed by atoms with Gasteiger partial charge in [0.15, 0.2) is 0 Å². The molecule has 0 amide bonds. The molecule has 1 N–H and O–H groups in total. The zero-order chi connectivity index (χ0) is 11.3. The van der Waals surface area contributed by atoms with Crippen LogP contribution in [0.3, 0.4) is 0 Å². The topological polar surface area (TPSA) is 59.2 Å². The number of hydrogen-bond acceptors (Lipinski definition) is 3. The summed E-state index contributed by atoms with van der Waals surface area (Å²) < 4.78 is 4.47. The first-order valence-electron chi connectivity index (χ1n) is 4.56. The van der Waals surface area contributed by atoms with Crippen molar-refractivity contribution in [2.75, 3.05) is 7.11 Å². The number of aryl methyl sites for hydroxylation is 1. The average Bonchev–Trinajstić information content (AvgIpc) is 2.23. The Morgan fingerprint density at radius 1 is 1.60 bits per heavy atom. The lowest BCUT2D eigenvalue weighted by Gasteiger charge is -1.95. The summed E-state index contributed by atoms with van der Waals surface area (Å²) in [5.41, 5.74) is 1.34. The van der Waals surface area contributed by atoms with Crippen LogP contribution in [0.15, 0.2) is 23.1 Å². The molecule has 0 atom stereocenters. The third-order valence-electron chi connectivity index (χ3n) is 1.89. The van der Waals surface area contributed by atoms with Gasteiger partial charge in [-0.25, -0.2) is 0 Å². The van der Waals surface area contributed by atoms with Crippen LogP contribution in [0.25, 0.3) is 6.08 Å². The fraction of sp³-hybridized carbons (Fsp3) is 0.273. The van der Waals surface area contributed by atoms with E-state index in [9.17, 15) is 9.59 Å². The number of ether oxygens (including phenoxy) is 1. The Labute approximate surface area is 87.6 Å². The van der Waals surface area contributed by atoms with Gasteiger partial charge in [-0.2, -0.15) is 0 Å². The van der Waals surface area contributed by atoms with Gasteiger partial charge in [0, 0.05) is 11.8 Å². The largest absolute Gasteiger partial charge is 0.469 e. The summed E-state index contributed by atoms with van der Waals surface area (Å²) >= 11 is 0. The number of pyridine rings is 1. The number of aromatic amines is 1. The second-order valence-electron chi connectivity index (χ2n) is 3.14. The number of aromatic nitrogens is 1. The first kappa shape index (κ1) is 11.2. The van der Waals surface area contributed by atoms with E-state index in [2.05, 4.69) is 9.72 Å². The van der Waals surface area contributed by atoms with Crippen molar-refractivity contribution in [3.63, 3.8) is 0 Å². The molecule has 1 aromatic rings. The summed E-state index contributed by atoms with van der Waals surface area (Å²) in [7, 11) is 1.33. The number of rotatable bonds is 3. The lowest BCUT2D eigenvalue weighted by atomic mass is 10.2. The molecule has 0 saturated carbocycles. The molecule has 0 aliphatic heterocycles. The second kappa shape index (κ2) is 5.14. The summed E-state index contributed by atoms with van der Waals surface area (Å²) in [6, 6.07) is 1.76. The van der Waals surface area contributed by atoms with Crippen LogP contribution in [-0.2, 0) is 9.53 Å². The first-order chi connectivity index (χ1) is 7.13. The average molecular weight is 207 g/mol. The molecular formula is C11H13NO3. The van der Waals surface area contributed by atoms with E-state index in [4.69, 9.17) is 0 Å². The number of methoxy groups -OCH3 is 1. The van der Waals surface area contributed by atoms with Gasteiger partial charge in [0.2, 0.25) is 0 Å². The first-order valence-corrected chi connectivity index (χ1v) is 4.56. The van der Waals surface area contributed by atoms with Crippen molar-refractivity contribution >= 4 is 12.0 Å². The highest BCUT2D eigenvalue weighted by molar-refractivity contribution is 5.72. The lowest BCUT2D eigenvalue weighted by molar-refractivity contribution is -0.139. The molecule has 4 heteroatoms. The SMILES string of the molecule is COC(=O)CC=Cc1cc(C)c[nH]c1=O. The molecule has 0 aliphatic rings. The van der Waals surface area contributed by atoms with Crippen LogP contribution in [0.5, 0.6) is 0 Å². The standard InChI is InChI=1S/C11H13NO3/c1-8-6-9(11(14)12-7-8)4-3-5-10(13)15-2/h3-4,6-7H,5H2,1-2H3,(H,12,14). The highest BCUT2D eigenvalue weighted by Crippen LogP contribution is 2.00. The molecular weight excluding hydrogens is 194 g/mol. The molecule has 15 heavy (non-hydrogen) atoms. The van der Waals surface area contributed by atoms with E-state index in [1.165, 1.54) is 7.11 Å². The highest BCUT2D eigenvalue weighted by Gasteiger charge is 1.97. The van der Waals surface area contributed by atoms with Crippen molar-refractivity contribution in [3.05, 3.63) is 39.8 Å². The highest BCUT2D eigenvalue weighted by atomic mass is 16.5. The van der Waals surface area contributed by atoms with Crippen LogP contribution in [-0.4, -0.2) is 18.1 Å². The van der Waals surface area contributed by atoms with Crippen molar-refractivity contribution in [2.24, 2.45) is 0 Å². The Hall–Kier alpha value is -1.84. The van der Waals surface area contributed by atoms with Crippen LogP contribution in [0, 0.1) is 6.92 Å². The maximum absolute atomic E-state index is 11.3. The van der Waals surface area contributed by atoms with Gasteiger partial charge in [0.1, 0.15) is 0 Å². The molecule has 0 aromatic carbocycles. The van der Waals surface area contributed by atoms with E-state index in [1.54, 1.807) is 24.4 Å². The lowest BCUT2D eigenvalue weighted by Crippen LogP contribution is -2.08. The summed E-state index contributed by atoms with van der Waals surface area (Å²) in [5.74, 6) is -0.324. The van der Waals surface area contributed by atoms with Crippen LogP contribution in [0.1, 0.15) is 17.5 Å². The van der Waals surface area contributed by atoms with Gasteiger partial charge in [-0.1, -0.05) is 12.2 Å². The predicted molar refractivity (Wildman–Crippen MR) is 57.5 cm³/mol. The maximum Gasteiger partial charge on any atom is 0.309 e. The summed E-state index contributed by atoms with van der Waals surface area (Å²) in [6.45, 7) is 1.88. The van der Waals surface area contributed by atoms with Crippen molar-refractivity contribution in [1.82, 2.24) is 4.98 Å². The molecule has 0 spiro atoms. The van der Waals surface area contributed by atoms with E-state index in [-0.39, 0.29) is 17.9 Å². The number of hydrogen-bond donors (Lipinski definition) is 1. The quantitative estimate of drug-likeness (QED) is 0.759. The molecule has 0 bridgehead atoms. The number of carbonyl (C=O) groups excluding carboxylic acids is 1. The van der Waals surface area contributed by atoms with Crippen molar-refractivity contribution < 1.29 is 9.53 Å². The van der Waals surface area contributed by atoms with Crippen molar-refractivity contribution in [2.45, 2.75) is 13.3 Å². The summed E-state index contributed by atoms with van der Waals surface area (Å²) in [5, 5.41) is 0. The molecule has 0 radical (unpaired) electrons. The third-order valence-corrected chi connectivity index (χ3v) is 1.89. The Bertz CT molecular complexity index is 432. The molecule has 1 aromatic heterocycles. The van der Waals surface area contributed by atoms with Crippen LogP contribution >= 0.6 is 0 Å². The number of H-pyrrole nitrogens is 1. The van der Waals surface area contributed by atoms with E-state index in [1.807, 2.05) is 6.92 Å². The summed E-state index contributed by atoms with van der Waals surface area (Å²) in [6.07, 6.45) is 5.03. The zero-order valence-corrected chi connectivity index (χ0v) is 8.74. The van der Waals surface area contributed by atoms with Crippen LogP contribution < -0.4 is 5.56 Å². The van der Waals surface area contributed by atoms with E-state index in [0.717, 1.165) is 5.56 Å². The maximum atomic E-state index is 11.3. The molecule has 80 valence electrons. The molecule has 4 nitrogen and oxygen atoms in total. The predicted octanol–water partition coefficient (Wildman–Crippen LogP) is 1.26. The Balaban J connectivity index is 2.76. The van der Waals surface area contributed by atoms with Gasteiger partial charge < -0.3 is 9.72 Å². The Morgan fingerprint density at radius 2 is 2.33 bits per heavy atom.